The fourth-order valence-electron chi connectivity index (χ4n) is 3.30. The number of ketones is 1. The molecule has 0 radical (unpaired) electrons. The molecule has 2 rings (SSSR count). The van der Waals surface area contributed by atoms with Crippen LogP contribution in [-0.4, -0.2) is 5.78 Å². The molecule has 0 unspecified atom stereocenters. The molecule has 0 amide bonds. The zero-order valence-electron chi connectivity index (χ0n) is 10.9. The largest absolute Gasteiger partial charge is 0.299 e. The van der Waals surface area contributed by atoms with Crippen molar-refractivity contribution in [3.63, 3.8) is 0 Å². The van der Waals surface area contributed by atoms with E-state index in [-0.39, 0.29) is 5.41 Å². The minimum absolute atomic E-state index is 0.00667. The van der Waals surface area contributed by atoms with Gasteiger partial charge in [-0.2, -0.15) is 0 Å². The van der Waals surface area contributed by atoms with E-state index in [1.807, 2.05) is 0 Å². The normalized spacial score (nSPS) is 34.6. The Hall–Kier alpha value is -0.590. The van der Waals surface area contributed by atoms with Crippen molar-refractivity contribution in [3.05, 3.63) is 12.2 Å². The molecule has 2 atom stereocenters. The maximum absolute atomic E-state index is 12.2. The van der Waals surface area contributed by atoms with Crippen LogP contribution in [0.2, 0.25) is 0 Å². The van der Waals surface area contributed by atoms with E-state index in [2.05, 4.69) is 27.4 Å². The summed E-state index contributed by atoms with van der Waals surface area (Å²) in [5, 5.41) is 0. The summed E-state index contributed by atoms with van der Waals surface area (Å²) in [7, 11) is 0. The van der Waals surface area contributed by atoms with Crippen LogP contribution in [-0.2, 0) is 4.79 Å². The molecule has 2 saturated carbocycles. The van der Waals surface area contributed by atoms with Gasteiger partial charge in [0, 0.05) is 11.8 Å². The van der Waals surface area contributed by atoms with Crippen LogP contribution in [0.5, 0.6) is 0 Å². The number of rotatable bonds is 2. The van der Waals surface area contributed by atoms with Gasteiger partial charge in [0.15, 0.2) is 0 Å². The molecule has 1 heteroatoms. The zero-order chi connectivity index (χ0) is 12.0. The van der Waals surface area contributed by atoms with Gasteiger partial charge in [0.2, 0.25) is 0 Å². The molecule has 2 aliphatic carbocycles. The first-order valence-corrected chi connectivity index (χ1v) is 6.53. The van der Waals surface area contributed by atoms with Crippen LogP contribution < -0.4 is 0 Å². The van der Waals surface area contributed by atoms with Gasteiger partial charge < -0.3 is 0 Å². The zero-order valence-corrected chi connectivity index (χ0v) is 10.9. The Morgan fingerprint density at radius 3 is 2.75 bits per heavy atom. The standard InChI is InChI=1S/C15H24O/c1-11-9-15(8-7-14(2,3)4)10-12(11)5-6-13(15)16/h12H,1,5-10H2,2-4H3/t12-,15-/m1/s1. The minimum atomic E-state index is -0.00667. The van der Waals surface area contributed by atoms with Crippen molar-refractivity contribution in [3.8, 4) is 0 Å². The number of carbonyl (C=O) groups excluding carboxylic acids is 1. The number of Topliss-reactive ketones (excluding diaryl/α,β-unsaturated/α-hetero) is 1. The number of hydrogen-bond donors (Lipinski definition) is 0. The first-order valence-electron chi connectivity index (χ1n) is 6.53. The van der Waals surface area contributed by atoms with Crippen LogP contribution in [0.25, 0.3) is 0 Å². The summed E-state index contributed by atoms with van der Waals surface area (Å²) in [4.78, 5) is 12.2. The Morgan fingerprint density at radius 1 is 1.44 bits per heavy atom. The second-order valence-electron chi connectivity index (χ2n) is 7.04. The van der Waals surface area contributed by atoms with Gasteiger partial charge in [0.05, 0.1) is 0 Å². The van der Waals surface area contributed by atoms with Crippen molar-refractivity contribution in [2.24, 2.45) is 16.7 Å². The highest BCUT2D eigenvalue weighted by Gasteiger charge is 2.49. The van der Waals surface area contributed by atoms with E-state index in [0.29, 0.717) is 17.1 Å². The summed E-state index contributed by atoms with van der Waals surface area (Å²) in [6, 6.07) is 0. The lowest BCUT2D eigenvalue weighted by molar-refractivity contribution is -0.131. The molecular formula is C15H24O. The molecule has 2 aliphatic rings. The molecule has 16 heavy (non-hydrogen) atoms. The smallest absolute Gasteiger partial charge is 0.139 e. The van der Waals surface area contributed by atoms with Crippen molar-refractivity contribution in [1.29, 1.82) is 0 Å². The SMILES string of the molecule is C=C1C[C@]2(CCC(C)(C)C)C[C@H]1CCC2=O. The molecule has 0 aromatic heterocycles. The average molecular weight is 220 g/mol. The molecule has 0 N–H and O–H groups in total. The molecule has 0 aromatic rings. The second kappa shape index (κ2) is 3.72. The fourth-order valence-corrected chi connectivity index (χ4v) is 3.30. The maximum Gasteiger partial charge on any atom is 0.139 e. The summed E-state index contributed by atoms with van der Waals surface area (Å²) < 4.78 is 0. The fraction of sp³-hybridized carbons (Fsp3) is 0.800. The van der Waals surface area contributed by atoms with Crippen molar-refractivity contribution < 1.29 is 4.79 Å². The average Bonchev–Trinajstić information content (AvgIpc) is 2.44. The van der Waals surface area contributed by atoms with Crippen LogP contribution in [0.15, 0.2) is 12.2 Å². The van der Waals surface area contributed by atoms with E-state index in [0.717, 1.165) is 38.5 Å². The first kappa shape index (κ1) is 11.9. The lowest BCUT2D eigenvalue weighted by atomic mass is 9.69. The van der Waals surface area contributed by atoms with Gasteiger partial charge in [0.25, 0.3) is 0 Å². The van der Waals surface area contributed by atoms with Gasteiger partial charge in [-0.05, 0) is 43.4 Å². The Balaban J connectivity index is 2.11. The molecule has 0 saturated heterocycles. The topological polar surface area (TPSA) is 17.1 Å². The van der Waals surface area contributed by atoms with E-state index in [1.54, 1.807) is 0 Å². The lowest BCUT2D eigenvalue weighted by Crippen LogP contribution is -2.32. The van der Waals surface area contributed by atoms with Gasteiger partial charge in [-0.15, -0.1) is 0 Å². The first-order chi connectivity index (χ1) is 7.32. The van der Waals surface area contributed by atoms with Gasteiger partial charge in [0.1, 0.15) is 5.78 Å². The predicted octanol–water partition coefficient (Wildman–Crippen LogP) is 4.13. The number of hydrogen-bond acceptors (Lipinski definition) is 1. The van der Waals surface area contributed by atoms with Crippen LogP contribution in [0.4, 0.5) is 0 Å². The molecule has 90 valence electrons. The van der Waals surface area contributed by atoms with Crippen molar-refractivity contribution >= 4 is 5.78 Å². The summed E-state index contributed by atoms with van der Waals surface area (Å²) in [6.45, 7) is 11.0. The Kier molecular flexibility index (Phi) is 2.76. The van der Waals surface area contributed by atoms with Crippen molar-refractivity contribution in [2.75, 3.05) is 0 Å². The molecule has 0 aromatic carbocycles. The number of carbonyl (C=O) groups is 1. The number of fused-ring (bicyclic) bond motifs is 2. The summed E-state index contributed by atoms with van der Waals surface area (Å²) in [5.41, 5.74) is 1.68. The van der Waals surface area contributed by atoms with Crippen LogP contribution in [0.3, 0.4) is 0 Å². The highest BCUT2D eigenvalue weighted by molar-refractivity contribution is 5.87. The van der Waals surface area contributed by atoms with E-state index < -0.39 is 0 Å². The van der Waals surface area contributed by atoms with Crippen molar-refractivity contribution in [2.45, 2.75) is 59.3 Å². The van der Waals surface area contributed by atoms with Gasteiger partial charge in [-0.25, -0.2) is 0 Å². The minimum Gasteiger partial charge on any atom is -0.299 e. The van der Waals surface area contributed by atoms with Gasteiger partial charge >= 0.3 is 0 Å². The third-order valence-corrected chi connectivity index (χ3v) is 4.44. The second-order valence-corrected chi connectivity index (χ2v) is 7.04. The Labute approximate surface area is 99.3 Å². The highest BCUT2D eigenvalue weighted by Crippen LogP contribution is 2.54. The van der Waals surface area contributed by atoms with E-state index in [9.17, 15) is 4.79 Å². The third kappa shape index (κ3) is 2.09. The monoisotopic (exact) mass is 220 g/mol. The quantitative estimate of drug-likeness (QED) is 0.639. The van der Waals surface area contributed by atoms with Crippen molar-refractivity contribution in [1.82, 2.24) is 0 Å². The lowest BCUT2D eigenvalue weighted by Gasteiger charge is -2.33. The molecular weight excluding hydrogens is 196 g/mol. The van der Waals surface area contributed by atoms with Crippen LogP contribution in [0, 0.1) is 16.7 Å². The Morgan fingerprint density at radius 2 is 2.12 bits per heavy atom. The van der Waals surface area contributed by atoms with E-state index in [4.69, 9.17) is 0 Å². The highest BCUT2D eigenvalue weighted by atomic mass is 16.1. The van der Waals surface area contributed by atoms with E-state index >= 15 is 0 Å². The van der Waals surface area contributed by atoms with Gasteiger partial charge in [-0.3, -0.25) is 4.79 Å². The Bertz CT molecular complexity index is 321. The molecule has 2 bridgehead atoms. The summed E-state index contributed by atoms with van der Waals surface area (Å²) >= 11 is 0. The molecule has 2 fully saturated rings. The van der Waals surface area contributed by atoms with Crippen LogP contribution >= 0.6 is 0 Å². The summed E-state index contributed by atoms with van der Waals surface area (Å²) in [5.74, 6) is 1.17. The summed E-state index contributed by atoms with van der Waals surface area (Å²) in [6.07, 6.45) is 6.17. The van der Waals surface area contributed by atoms with E-state index in [1.165, 1.54) is 5.57 Å². The molecule has 1 nitrogen and oxygen atoms in total. The molecule has 0 aliphatic heterocycles. The maximum atomic E-state index is 12.2. The molecule has 0 heterocycles. The number of allylic oxidation sites excluding steroid dienone is 1. The van der Waals surface area contributed by atoms with Crippen LogP contribution in [0.1, 0.15) is 59.3 Å². The van der Waals surface area contributed by atoms with Gasteiger partial charge in [-0.1, -0.05) is 32.9 Å². The molecule has 0 spiro atoms. The third-order valence-electron chi connectivity index (χ3n) is 4.44. The predicted molar refractivity (Wildman–Crippen MR) is 67.2 cm³/mol.